The maximum atomic E-state index is 13.2. The number of hydrazone groups is 1. The van der Waals surface area contributed by atoms with Gasteiger partial charge in [0.15, 0.2) is 0 Å². The summed E-state index contributed by atoms with van der Waals surface area (Å²) in [5, 5.41) is 10.3. The Balaban J connectivity index is 1.71. The number of hydrogen-bond donors (Lipinski definition) is 1. The van der Waals surface area contributed by atoms with E-state index in [4.69, 9.17) is 39.9 Å². The van der Waals surface area contributed by atoms with Crippen LogP contribution in [0.4, 0.5) is 5.69 Å². The third-order valence-corrected chi connectivity index (χ3v) is 6.66. The van der Waals surface area contributed by atoms with E-state index in [9.17, 15) is 4.79 Å². The highest BCUT2D eigenvalue weighted by Crippen LogP contribution is 2.43. The Hall–Kier alpha value is -1.79. The van der Waals surface area contributed by atoms with E-state index in [0.717, 1.165) is 37.9 Å². The summed E-state index contributed by atoms with van der Waals surface area (Å²) in [5.41, 5.74) is 5.31. The van der Waals surface area contributed by atoms with Crippen LogP contribution in [0.1, 0.15) is 44.2 Å². The van der Waals surface area contributed by atoms with Gasteiger partial charge in [0.1, 0.15) is 5.71 Å². The van der Waals surface area contributed by atoms with Gasteiger partial charge in [-0.25, -0.2) is 5.01 Å². The number of hydrogen-bond acceptors (Lipinski definition) is 4. The smallest absolute Gasteiger partial charge is 0.282 e. The van der Waals surface area contributed by atoms with E-state index in [-0.39, 0.29) is 17.9 Å². The Labute approximate surface area is 197 Å². The summed E-state index contributed by atoms with van der Waals surface area (Å²) in [6, 6.07) is 12.8. The summed E-state index contributed by atoms with van der Waals surface area (Å²) in [5.74, 6) is -0.252. The first-order valence-electron chi connectivity index (χ1n) is 10.6. The van der Waals surface area contributed by atoms with Gasteiger partial charge in [0.05, 0.1) is 16.8 Å². The molecule has 31 heavy (non-hydrogen) atoms. The second kappa shape index (κ2) is 9.78. The van der Waals surface area contributed by atoms with Gasteiger partial charge in [-0.15, -0.1) is 0 Å². The van der Waals surface area contributed by atoms with Crippen molar-refractivity contribution in [1.29, 1.82) is 0 Å². The van der Waals surface area contributed by atoms with Crippen LogP contribution in [0.5, 0.6) is 0 Å². The average molecular weight is 480 g/mol. The van der Waals surface area contributed by atoms with Crippen molar-refractivity contribution in [3.63, 3.8) is 0 Å². The molecule has 0 saturated carbocycles. The van der Waals surface area contributed by atoms with Gasteiger partial charge in [0.25, 0.3) is 5.91 Å². The Kier molecular flexibility index (Phi) is 7.07. The predicted molar refractivity (Wildman–Crippen MR) is 128 cm³/mol. The van der Waals surface area contributed by atoms with Gasteiger partial charge in [-0.1, -0.05) is 60.3 Å². The van der Waals surface area contributed by atoms with E-state index in [0.29, 0.717) is 26.5 Å². The van der Waals surface area contributed by atoms with Crippen LogP contribution in [0.2, 0.25) is 15.1 Å². The minimum atomic E-state index is -0.178. The molecule has 0 aromatic heterocycles. The average Bonchev–Trinajstić information content (AvgIpc) is 3.14. The van der Waals surface area contributed by atoms with E-state index in [1.807, 2.05) is 40.3 Å². The lowest BCUT2D eigenvalue weighted by molar-refractivity contribution is -0.120. The highest BCUT2D eigenvalue weighted by molar-refractivity contribution is 6.41. The van der Waals surface area contributed by atoms with Gasteiger partial charge < -0.3 is 0 Å². The lowest BCUT2D eigenvalue weighted by Gasteiger charge is -2.29. The summed E-state index contributed by atoms with van der Waals surface area (Å²) in [6.45, 7) is 3.80. The van der Waals surface area contributed by atoms with Gasteiger partial charge in [0, 0.05) is 29.1 Å². The molecular weight excluding hydrogens is 455 g/mol. The zero-order valence-electron chi connectivity index (χ0n) is 17.3. The van der Waals surface area contributed by atoms with Crippen LogP contribution in [0, 0.1) is 5.92 Å². The Morgan fingerprint density at radius 1 is 1.03 bits per heavy atom. The zero-order valence-corrected chi connectivity index (χ0v) is 19.6. The van der Waals surface area contributed by atoms with Gasteiger partial charge in [-0.2, -0.15) is 5.10 Å². The Bertz CT molecular complexity index is 973. The Morgan fingerprint density at radius 2 is 1.71 bits per heavy atom. The number of carbonyl (C=O) groups excluding carboxylic acids is 1. The number of carbonyl (C=O) groups is 1. The first-order chi connectivity index (χ1) is 15.0. The first kappa shape index (κ1) is 22.4. The number of halogens is 3. The van der Waals surface area contributed by atoms with Crippen molar-refractivity contribution in [3.8, 4) is 0 Å². The maximum Gasteiger partial charge on any atom is 0.282 e. The summed E-state index contributed by atoms with van der Waals surface area (Å²) in [6.07, 6.45) is 4.13. The molecule has 5 nitrogen and oxygen atoms in total. The van der Waals surface area contributed by atoms with Gasteiger partial charge in [-0.3, -0.25) is 15.2 Å². The monoisotopic (exact) mass is 478 g/mol. The van der Waals surface area contributed by atoms with Crippen LogP contribution in [0.15, 0.2) is 47.6 Å². The number of piperidine rings is 1. The second-order valence-electron chi connectivity index (χ2n) is 7.93. The van der Waals surface area contributed by atoms with E-state index in [2.05, 4.69) is 12.3 Å². The molecule has 1 amide bonds. The molecule has 1 N–H and O–H groups in total. The zero-order chi connectivity index (χ0) is 22.0. The molecule has 164 valence electrons. The second-order valence-corrected chi connectivity index (χ2v) is 9.21. The molecule has 2 aromatic carbocycles. The number of amides is 1. The molecule has 2 aliphatic heterocycles. The third kappa shape index (κ3) is 4.85. The fraction of sp³-hybridized carbons (Fsp3) is 0.391. The van der Waals surface area contributed by atoms with Gasteiger partial charge >= 0.3 is 0 Å². The number of nitrogens with zero attached hydrogens (tertiary/aromatic N) is 3. The maximum absolute atomic E-state index is 13.2. The fourth-order valence-corrected chi connectivity index (χ4v) is 4.93. The molecule has 4 rings (SSSR count). The summed E-state index contributed by atoms with van der Waals surface area (Å²) in [7, 11) is 0. The van der Waals surface area contributed by atoms with Crippen LogP contribution >= 0.6 is 34.8 Å². The standard InChI is InChI=1S/C23H25Cl3N4O/c1-2-18-21(23(31)28-29-12-4-3-5-13-29)27-30(20-11-10-17(25)14-19(20)26)22(18)15-6-8-16(24)9-7-15/h6-11,14,18,22H,2-5,12-13H2,1H3,(H,28,31)/t18-,22+/m0/s1. The lowest BCUT2D eigenvalue weighted by atomic mass is 9.87. The van der Waals surface area contributed by atoms with Crippen molar-refractivity contribution >= 4 is 52.1 Å². The predicted octanol–water partition coefficient (Wildman–Crippen LogP) is 6.11. The third-order valence-electron chi connectivity index (χ3n) is 5.87. The molecule has 0 spiro atoms. The molecule has 0 radical (unpaired) electrons. The van der Waals surface area contributed by atoms with Crippen molar-refractivity contribution in [2.24, 2.45) is 11.0 Å². The molecule has 0 bridgehead atoms. The minimum Gasteiger partial charge on any atom is -0.284 e. The molecule has 2 heterocycles. The van der Waals surface area contributed by atoms with E-state index in [1.165, 1.54) is 6.42 Å². The molecule has 0 unspecified atom stereocenters. The van der Waals surface area contributed by atoms with Crippen molar-refractivity contribution in [3.05, 3.63) is 63.1 Å². The Morgan fingerprint density at radius 3 is 2.35 bits per heavy atom. The lowest BCUT2D eigenvalue weighted by Crippen LogP contribution is -2.48. The normalized spacial score (nSPS) is 21.8. The van der Waals surface area contributed by atoms with Gasteiger partial charge in [-0.05, 0) is 55.2 Å². The topological polar surface area (TPSA) is 47.9 Å². The summed E-state index contributed by atoms with van der Waals surface area (Å²) in [4.78, 5) is 13.2. The van der Waals surface area contributed by atoms with Crippen LogP contribution in [-0.2, 0) is 4.79 Å². The minimum absolute atomic E-state index is 0.0993. The van der Waals surface area contributed by atoms with E-state index in [1.54, 1.807) is 12.1 Å². The number of rotatable bonds is 5. The fourth-order valence-electron chi connectivity index (χ4n) is 4.31. The molecule has 2 atom stereocenters. The number of nitrogens with one attached hydrogen (secondary N) is 1. The number of hydrazine groups is 1. The molecule has 2 aliphatic rings. The highest BCUT2D eigenvalue weighted by Gasteiger charge is 2.42. The summed E-state index contributed by atoms with van der Waals surface area (Å²) >= 11 is 18.8. The molecule has 0 aliphatic carbocycles. The van der Waals surface area contributed by atoms with Crippen LogP contribution in [0.25, 0.3) is 0 Å². The van der Waals surface area contributed by atoms with Crippen LogP contribution < -0.4 is 10.4 Å². The molecule has 1 saturated heterocycles. The van der Waals surface area contributed by atoms with Crippen LogP contribution in [-0.4, -0.2) is 29.7 Å². The van der Waals surface area contributed by atoms with Gasteiger partial charge in [0.2, 0.25) is 0 Å². The molecular formula is C23H25Cl3N4O. The summed E-state index contributed by atoms with van der Waals surface area (Å²) < 4.78 is 0. The van der Waals surface area contributed by atoms with E-state index < -0.39 is 0 Å². The van der Waals surface area contributed by atoms with Crippen molar-refractivity contribution in [2.45, 2.75) is 38.6 Å². The SMILES string of the molecule is CC[C@H]1C(C(=O)NN2CCCCC2)=NN(c2ccc(Cl)cc2Cl)[C@@H]1c1ccc(Cl)cc1. The van der Waals surface area contributed by atoms with Crippen molar-refractivity contribution < 1.29 is 4.79 Å². The van der Waals surface area contributed by atoms with Crippen molar-refractivity contribution in [1.82, 2.24) is 10.4 Å². The van der Waals surface area contributed by atoms with Crippen LogP contribution in [0.3, 0.4) is 0 Å². The highest BCUT2D eigenvalue weighted by atomic mass is 35.5. The quantitative estimate of drug-likeness (QED) is 0.563. The molecule has 1 fully saturated rings. The van der Waals surface area contributed by atoms with E-state index >= 15 is 0 Å². The largest absolute Gasteiger partial charge is 0.284 e. The number of benzene rings is 2. The van der Waals surface area contributed by atoms with Crippen molar-refractivity contribution in [2.75, 3.05) is 18.1 Å². The molecule has 2 aromatic rings. The first-order valence-corrected chi connectivity index (χ1v) is 11.8. The number of anilines is 1. The molecule has 8 heteroatoms.